The molecule has 2 atom stereocenters. The molecule has 2 unspecified atom stereocenters. The van der Waals surface area contributed by atoms with E-state index in [4.69, 9.17) is 0 Å². The van der Waals surface area contributed by atoms with Gasteiger partial charge in [-0.15, -0.1) is 0 Å². The molecule has 1 fully saturated rings. The van der Waals surface area contributed by atoms with Crippen molar-refractivity contribution in [2.24, 2.45) is 0 Å². The summed E-state index contributed by atoms with van der Waals surface area (Å²) >= 11 is 0. The van der Waals surface area contributed by atoms with E-state index in [0.29, 0.717) is 12.1 Å². The Morgan fingerprint density at radius 2 is 1.76 bits per heavy atom. The summed E-state index contributed by atoms with van der Waals surface area (Å²) in [6, 6.07) is 1.01. The van der Waals surface area contributed by atoms with Crippen LogP contribution in [0.3, 0.4) is 0 Å². The molecule has 0 bridgehead atoms. The number of hydrogen-bond acceptors (Lipinski definition) is 3. The molecule has 1 aliphatic rings. The van der Waals surface area contributed by atoms with Crippen LogP contribution in [0.4, 0.5) is 0 Å². The van der Waals surface area contributed by atoms with Crippen LogP contribution in [-0.2, 0) is 4.79 Å². The van der Waals surface area contributed by atoms with Crippen molar-refractivity contribution in [1.82, 2.24) is 15.1 Å². The molecule has 1 heterocycles. The smallest absolute Gasteiger partial charge is 0.240 e. The molecule has 4 heteroatoms. The van der Waals surface area contributed by atoms with Gasteiger partial charge in [0, 0.05) is 25.2 Å². The Morgan fingerprint density at radius 3 is 2.12 bits per heavy atom. The first-order chi connectivity index (χ1) is 7.84. The van der Waals surface area contributed by atoms with Crippen LogP contribution in [0.5, 0.6) is 0 Å². The van der Waals surface area contributed by atoms with E-state index >= 15 is 0 Å². The third kappa shape index (κ3) is 3.42. The molecule has 1 saturated heterocycles. The van der Waals surface area contributed by atoms with Gasteiger partial charge in [-0.1, -0.05) is 0 Å². The zero-order chi connectivity index (χ0) is 13.2. The highest BCUT2D eigenvalue weighted by Crippen LogP contribution is 2.11. The summed E-state index contributed by atoms with van der Waals surface area (Å²) in [4.78, 5) is 16.3. The van der Waals surface area contributed by atoms with Crippen molar-refractivity contribution in [3.8, 4) is 0 Å². The number of rotatable bonds is 5. The van der Waals surface area contributed by atoms with Gasteiger partial charge < -0.3 is 4.90 Å². The van der Waals surface area contributed by atoms with E-state index in [1.54, 1.807) is 0 Å². The fourth-order valence-corrected chi connectivity index (χ4v) is 2.60. The molecule has 17 heavy (non-hydrogen) atoms. The lowest BCUT2D eigenvalue weighted by atomic mass is 10.2. The standard InChI is InChI=1S/C13H27N3O/c1-9(2)15(10(3)4)7-8-16-12(6)14-11(5)13(16)17/h9-12,14H,7-8H2,1-6H3. The first kappa shape index (κ1) is 14.5. The second-order valence-electron chi connectivity index (χ2n) is 5.52. The Morgan fingerprint density at radius 1 is 1.24 bits per heavy atom. The molecule has 1 amide bonds. The summed E-state index contributed by atoms with van der Waals surface area (Å²) in [7, 11) is 0. The molecule has 1 rings (SSSR count). The van der Waals surface area contributed by atoms with E-state index in [1.807, 2.05) is 11.8 Å². The SMILES string of the molecule is CC1NC(C)N(CCN(C(C)C)C(C)C)C1=O. The van der Waals surface area contributed by atoms with Crippen molar-refractivity contribution in [2.75, 3.05) is 13.1 Å². The number of amides is 1. The van der Waals surface area contributed by atoms with Crippen molar-refractivity contribution >= 4 is 5.91 Å². The second-order valence-corrected chi connectivity index (χ2v) is 5.52. The van der Waals surface area contributed by atoms with E-state index < -0.39 is 0 Å². The molecule has 0 aliphatic carbocycles. The van der Waals surface area contributed by atoms with Crippen LogP contribution in [-0.4, -0.2) is 53.1 Å². The average Bonchev–Trinajstić information content (AvgIpc) is 2.43. The Hall–Kier alpha value is -0.610. The summed E-state index contributed by atoms with van der Waals surface area (Å²) in [5, 5.41) is 3.26. The molecular weight excluding hydrogens is 214 g/mol. The van der Waals surface area contributed by atoms with Crippen molar-refractivity contribution in [3.63, 3.8) is 0 Å². The highest BCUT2D eigenvalue weighted by molar-refractivity contribution is 5.83. The van der Waals surface area contributed by atoms with Gasteiger partial charge in [0.15, 0.2) is 0 Å². The minimum absolute atomic E-state index is 0.0310. The van der Waals surface area contributed by atoms with E-state index in [-0.39, 0.29) is 18.1 Å². The summed E-state index contributed by atoms with van der Waals surface area (Å²) in [6.45, 7) is 14.6. The van der Waals surface area contributed by atoms with Crippen molar-refractivity contribution in [3.05, 3.63) is 0 Å². The lowest BCUT2D eigenvalue weighted by Crippen LogP contribution is -2.45. The minimum atomic E-state index is -0.0310. The summed E-state index contributed by atoms with van der Waals surface area (Å²) in [6.07, 6.45) is 0.165. The summed E-state index contributed by atoms with van der Waals surface area (Å²) < 4.78 is 0. The molecule has 1 aliphatic heterocycles. The van der Waals surface area contributed by atoms with Crippen LogP contribution in [0, 0.1) is 0 Å². The molecule has 0 spiro atoms. The predicted octanol–water partition coefficient (Wildman–Crippen LogP) is 1.27. The first-order valence-corrected chi connectivity index (χ1v) is 6.66. The van der Waals surface area contributed by atoms with Crippen molar-refractivity contribution in [2.45, 2.75) is 65.8 Å². The quantitative estimate of drug-likeness (QED) is 0.787. The predicted molar refractivity (Wildman–Crippen MR) is 70.8 cm³/mol. The fourth-order valence-electron chi connectivity index (χ4n) is 2.60. The Labute approximate surface area is 105 Å². The second kappa shape index (κ2) is 5.83. The lowest BCUT2D eigenvalue weighted by molar-refractivity contribution is -0.129. The molecule has 0 saturated carbocycles. The molecule has 4 nitrogen and oxygen atoms in total. The largest absolute Gasteiger partial charge is 0.325 e. The average molecular weight is 241 g/mol. The van der Waals surface area contributed by atoms with E-state index in [9.17, 15) is 4.79 Å². The topological polar surface area (TPSA) is 35.6 Å². The molecule has 100 valence electrons. The number of carbonyl (C=O) groups excluding carboxylic acids is 1. The minimum Gasteiger partial charge on any atom is -0.325 e. The van der Waals surface area contributed by atoms with Gasteiger partial charge in [0.05, 0.1) is 12.2 Å². The molecule has 0 aromatic rings. The maximum Gasteiger partial charge on any atom is 0.240 e. The number of nitrogens with zero attached hydrogens (tertiary/aromatic N) is 2. The molecule has 0 radical (unpaired) electrons. The molecular formula is C13H27N3O. The normalized spacial score (nSPS) is 25.7. The first-order valence-electron chi connectivity index (χ1n) is 6.66. The monoisotopic (exact) mass is 241 g/mol. The van der Waals surface area contributed by atoms with Crippen molar-refractivity contribution in [1.29, 1.82) is 0 Å². The van der Waals surface area contributed by atoms with Crippen LogP contribution in [0.15, 0.2) is 0 Å². The van der Waals surface area contributed by atoms with Crippen LogP contribution in [0.2, 0.25) is 0 Å². The maximum absolute atomic E-state index is 11.9. The van der Waals surface area contributed by atoms with E-state index in [0.717, 1.165) is 13.1 Å². The third-order valence-corrected chi connectivity index (χ3v) is 3.54. The molecule has 0 aromatic carbocycles. The Balaban J connectivity index is 2.52. The summed E-state index contributed by atoms with van der Waals surface area (Å²) in [5.41, 5.74) is 0. The Bertz CT molecular complexity index is 257. The van der Waals surface area contributed by atoms with Gasteiger partial charge in [0.25, 0.3) is 0 Å². The zero-order valence-corrected chi connectivity index (χ0v) is 12.0. The van der Waals surface area contributed by atoms with E-state index in [1.165, 1.54) is 0 Å². The van der Waals surface area contributed by atoms with Gasteiger partial charge in [-0.05, 0) is 41.5 Å². The van der Waals surface area contributed by atoms with Crippen LogP contribution in [0.1, 0.15) is 41.5 Å². The van der Waals surface area contributed by atoms with Gasteiger partial charge in [-0.3, -0.25) is 15.0 Å². The van der Waals surface area contributed by atoms with Gasteiger partial charge in [-0.2, -0.15) is 0 Å². The summed E-state index contributed by atoms with van der Waals surface area (Å²) in [5.74, 6) is 0.227. The fraction of sp³-hybridized carbons (Fsp3) is 0.923. The van der Waals surface area contributed by atoms with Gasteiger partial charge in [0.2, 0.25) is 5.91 Å². The zero-order valence-electron chi connectivity index (χ0n) is 12.0. The van der Waals surface area contributed by atoms with Crippen LogP contribution < -0.4 is 5.32 Å². The molecule has 0 aromatic heterocycles. The van der Waals surface area contributed by atoms with Gasteiger partial charge >= 0.3 is 0 Å². The molecule has 1 N–H and O–H groups in total. The van der Waals surface area contributed by atoms with Crippen LogP contribution >= 0.6 is 0 Å². The number of nitrogens with one attached hydrogen (secondary N) is 1. The van der Waals surface area contributed by atoms with E-state index in [2.05, 4.69) is 44.8 Å². The number of carbonyl (C=O) groups is 1. The number of hydrogen-bond donors (Lipinski definition) is 1. The van der Waals surface area contributed by atoms with Crippen LogP contribution in [0.25, 0.3) is 0 Å². The highest BCUT2D eigenvalue weighted by atomic mass is 16.2. The van der Waals surface area contributed by atoms with Crippen molar-refractivity contribution < 1.29 is 4.79 Å². The Kier molecular flexibility index (Phi) is 4.95. The lowest BCUT2D eigenvalue weighted by Gasteiger charge is -2.33. The van der Waals surface area contributed by atoms with Gasteiger partial charge in [0.1, 0.15) is 0 Å². The van der Waals surface area contributed by atoms with Gasteiger partial charge in [-0.25, -0.2) is 0 Å². The maximum atomic E-state index is 11.9. The third-order valence-electron chi connectivity index (χ3n) is 3.54. The highest BCUT2D eigenvalue weighted by Gasteiger charge is 2.33.